The van der Waals surface area contributed by atoms with Crippen molar-refractivity contribution in [2.45, 2.75) is 57.6 Å². The summed E-state index contributed by atoms with van der Waals surface area (Å²) in [7, 11) is 1.62. The van der Waals surface area contributed by atoms with Crippen LogP contribution < -0.4 is 0 Å². The molecule has 1 aliphatic carbocycles. The predicted molar refractivity (Wildman–Crippen MR) is 83.4 cm³/mol. The Hall–Kier alpha value is -1.33. The highest BCUT2D eigenvalue weighted by Gasteiger charge is 2.33. The van der Waals surface area contributed by atoms with E-state index in [0.29, 0.717) is 19.7 Å². The Balaban J connectivity index is 1.98. The summed E-state index contributed by atoms with van der Waals surface area (Å²) < 4.78 is 10.7. The molecule has 5 nitrogen and oxygen atoms in total. The van der Waals surface area contributed by atoms with Gasteiger partial charge in [-0.3, -0.25) is 4.79 Å². The molecule has 0 aliphatic heterocycles. The highest BCUT2D eigenvalue weighted by Crippen LogP contribution is 2.31. The fraction of sp³-hybridized carbons (Fsp3) is 0.706. The molecule has 1 saturated carbocycles. The molecule has 0 unspecified atom stereocenters. The van der Waals surface area contributed by atoms with Crippen molar-refractivity contribution in [3.05, 3.63) is 23.7 Å². The molecule has 1 amide bonds. The van der Waals surface area contributed by atoms with Crippen molar-refractivity contribution in [3.8, 4) is 0 Å². The number of methoxy groups -OCH3 is 1. The third kappa shape index (κ3) is 4.85. The Morgan fingerprint density at radius 1 is 1.36 bits per heavy atom. The highest BCUT2D eigenvalue weighted by atomic mass is 16.5. The minimum absolute atomic E-state index is 0.0319. The highest BCUT2D eigenvalue weighted by molar-refractivity contribution is 5.77. The molecular formula is C17H27NO4. The van der Waals surface area contributed by atoms with Gasteiger partial charge in [0.15, 0.2) is 0 Å². The smallest absolute Gasteiger partial charge is 0.225 e. The van der Waals surface area contributed by atoms with Crippen molar-refractivity contribution >= 4 is 5.91 Å². The maximum absolute atomic E-state index is 12.6. The molecule has 1 aliphatic rings. The maximum Gasteiger partial charge on any atom is 0.225 e. The minimum Gasteiger partial charge on any atom is -0.464 e. The van der Waals surface area contributed by atoms with Crippen LogP contribution in [-0.2, 0) is 16.1 Å². The first kappa shape index (κ1) is 17.0. The van der Waals surface area contributed by atoms with Crippen LogP contribution in [0.4, 0.5) is 0 Å². The van der Waals surface area contributed by atoms with Gasteiger partial charge < -0.3 is 19.2 Å². The number of carbonyl (C=O) groups is 1. The van der Waals surface area contributed by atoms with Crippen LogP contribution in [0, 0.1) is 6.92 Å². The first-order valence-electron chi connectivity index (χ1n) is 8.07. The lowest BCUT2D eigenvalue weighted by molar-refractivity contribution is -0.139. The second kappa shape index (κ2) is 7.79. The van der Waals surface area contributed by atoms with E-state index >= 15 is 0 Å². The molecule has 0 radical (unpaired) electrons. The summed E-state index contributed by atoms with van der Waals surface area (Å²) >= 11 is 0. The lowest BCUT2D eigenvalue weighted by atomic mass is 9.82. The van der Waals surface area contributed by atoms with Crippen LogP contribution in [0.1, 0.15) is 50.0 Å². The molecular weight excluding hydrogens is 282 g/mol. The van der Waals surface area contributed by atoms with Crippen LogP contribution in [-0.4, -0.2) is 41.8 Å². The van der Waals surface area contributed by atoms with E-state index in [1.165, 1.54) is 0 Å². The average Bonchev–Trinajstić information content (AvgIpc) is 2.89. The van der Waals surface area contributed by atoms with Gasteiger partial charge in [0, 0.05) is 13.7 Å². The molecule has 0 spiro atoms. The van der Waals surface area contributed by atoms with E-state index in [1.807, 2.05) is 19.1 Å². The predicted octanol–water partition coefficient (Wildman–Crippen LogP) is 2.65. The van der Waals surface area contributed by atoms with Gasteiger partial charge in [0.1, 0.15) is 11.5 Å². The van der Waals surface area contributed by atoms with Gasteiger partial charge in [-0.25, -0.2) is 0 Å². The van der Waals surface area contributed by atoms with Gasteiger partial charge in [-0.1, -0.05) is 19.3 Å². The summed E-state index contributed by atoms with van der Waals surface area (Å²) in [5, 5.41) is 10.6. The van der Waals surface area contributed by atoms with Crippen LogP contribution >= 0.6 is 0 Å². The van der Waals surface area contributed by atoms with Gasteiger partial charge in [-0.15, -0.1) is 0 Å². The maximum atomic E-state index is 12.6. The zero-order valence-electron chi connectivity index (χ0n) is 13.6. The zero-order chi connectivity index (χ0) is 16.0. The van der Waals surface area contributed by atoms with Crippen molar-refractivity contribution < 1.29 is 19.1 Å². The lowest BCUT2D eigenvalue weighted by Crippen LogP contribution is -2.41. The molecule has 124 valence electrons. The molecule has 1 N–H and O–H groups in total. The van der Waals surface area contributed by atoms with E-state index < -0.39 is 5.60 Å². The van der Waals surface area contributed by atoms with E-state index in [4.69, 9.17) is 9.15 Å². The summed E-state index contributed by atoms with van der Waals surface area (Å²) in [5.74, 6) is 1.56. The van der Waals surface area contributed by atoms with Crippen LogP contribution in [0.5, 0.6) is 0 Å². The van der Waals surface area contributed by atoms with Crippen molar-refractivity contribution in [3.63, 3.8) is 0 Å². The molecule has 0 atom stereocenters. The molecule has 1 aromatic rings. The number of ether oxygens (including phenoxy) is 1. The van der Waals surface area contributed by atoms with Crippen LogP contribution in [0.15, 0.2) is 16.5 Å². The Labute approximate surface area is 132 Å². The molecule has 2 rings (SSSR count). The van der Waals surface area contributed by atoms with Crippen LogP contribution in [0.2, 0.25) is 0 Å². The molecule has 0 saturated heterocycles. The summed E-state index contributed by atoms with van der Waals surface area (Å²) in [5.41, 5.74) is -0.834. The topological polar surface area (TPSA) is 62.9 Å². The van der Waals surface area contributed by atoms with E-state index in [-0.39, 0.29) is 12.3 Å². The SMILES string of the molecule is COCCN(Cc1ccc(C)o1)C(=O)CC1(O)CCCCC1. The number of amides is 1. The Morgan fingerprint density at radius 2 is 2.09 bits per heavy atom. The van der Waals surface area contributed by atoms with E-state index in [2.05, 4.69) is 0 Å². The first-order valence-corrected chi connectivity index (χ1v) is 8.07. The third-order valence-electron chi connectivity index (χ3n) is 4.33. The summed E-state index contributed by atoms with van der Waals surface area (Å²) in [6.45, 7) is 3.29. The molecule has 0 bridgehead atoms. The number of furan rings is 1. The average molecular weight is 309 g/mol. The number of rotatable bonds is 7. The number of carbonyl (C=O) groups excluding carboxylic acids is 1. The third-order valence-corrected chi connectivity index (χ3v) is 4.33. The number of hydrogen-bond acceptors (Lipinski definition) is 4. The van der Waals surface area contributed by atoms with Gasteiger partial charge in [0.25, 0.3) is 0 Å². The second-order valence-electron chi connectivity index (χ2n) is 6.28. The molecule has 5 heteroatoms. The number of nitrogens with zero attached hydrogens (tertiary/aromatic N) is 1. The van der Waals surface area contributed by atoms with Crippen molar-refractivity contribution in [1.29, 1.82) is 0 Å². The molecule has 1 aromatic heterocycles. The largest absolute Gasteiger partial charge is 0.464 e. The second-order valence-corrected chi connectivity index (χ2v) is 6.28. The summed E-state index contributed by atoms with van der Waals surface area (Å²) in [6.07, 6.45) is 4.78. The normalized spacial score (nSPS) is 17.4. The van der Waals surface area contributed by atoms with E-state index in [1.54, 1.807) is 12.0 Å². The van der Waals surface area contributed by atoms with E-state index in [0.717, 1.165) is 43.6 Å². The van der Waals surface area contributed by atoms with Gasteiger partial charge >= 0.3 is 0 Å². The quantitative estimate of drug-likeness (QED) is 0.841. The van der Waals surface area contributed by atoms with Crippen molar-refractivity contribution in [2.24, 2.45) is 0 Å². The Bertz CT molecular complexity index is 477. The summed E-state index contributed by atoms with van der Waals surface area (Å²) in [4.78, 5) is 14.3. The Morgan fingerprint density at radius 3 is 2.68 bits per heavy atom. The molecule has 1 heterocycles. The number of aryl methyl sites for hydroxylation is 1. The monoisotopic (exact) mass is 309 g/mol. The number of aliphatic hydroxyl groups is 1. The molecule has 0 aromatic carbocycles. The van der Waals surface area contributed by atoms with Crippen LogP contribution in [0.3, 0.4) is 0 Å². The standard InChI is InChI=1S/C17H27NO4/c1-14-6-7-15(22-14)13-18(10-11-21-2)16(19)12-17(20)8-4-3-5-9-17/h6-7,20H,3-5,8-13H2,1-2H3. The van der Waals surface area contributed by atoms with Gasteiger partial charge in [0.2, 0.25) is 5.91 Å². The first-order chi connectivity index (χ1) is 10.5. The van der Waals surface area contributed by atoms with Crippen molar-refractivity contribution in [2.75, 3.05) is 20.3 Å². The lowest BCUT2D eigenvalue weighted by Gasteiger charge is -2.33. The van der Waals surface area contributed by atoms with Gasteiger partial charge in [-0.05, 0) is 31.9 Å². The zero-order valence-corrected chi connectivity index (χ0v) is 13.6. The summed E-state index contributed by atoms with van der Waals surface area (Å²) in [6, 6.07) is 3.78. The molecule has 1 fully saturated rings. The fourth-order valence-corrected chi connectivity index (χ4v) is 3.03. The van der Waals surface area contributed by atoms with Crippen LogP contribution in [0.25, 0.3) is 0 Å². The number of hydrogen-bond donors (Lipinski definition) is 1. The fourth-order valence-electron chi connectivity index (χ4n) is 3.03. The van der Waals surface area contributed by atoms with Crippen molar-refractivity contribution in [1.82, 2.24) is 4.90 Å². The van der Waals surface area contributed by atoms with Gasteiger partial charge in [-0.2, -0.15) is 0 Å². The molecule has 22 heavy (non-hydrogen) atoms. The van der Waals surface area contributed by atoms with E-state index in [9.17, 15) is 9.90 Å². The minimum atomic E-state index is -0.834. The Kier molecular flexibility index (Phi) is 6.03. The van der Waals surface area contributed by atoms with Gasteiger partial charge in [0.05, 0.1) is 25.2 Å².